The fourth-order valence-corrected chi connectivity index (χ4v) is 3.59. The summed E-state index contributed by atoms with van der Waals surface area (Å²) in [6.07, 6.45) is 6.03. The van der Waals surface area contributed by atoms with E-state index in [1.165, 1.54) is 31.7 Å². The molecule has 1 heterocycles. The molecule has 2 N–H and O–H groups in total. The van der Waals surface area contributed by atoms with Crippen LogP contribution in [-0.2, 0) is 0 Å². The number of hydrogen-bond acceptors (Lipinski definition) is 2. The Morgan fingerprint density at radius 2 is 2.20 bits per heavy atom. The van der Waals surface area contributed by atoms with Gasteiger partial charge in [0.1, 0.15) is 5.82 Å². The first kappa shape index (κ1) is 15.9. The molecule has 0 bridgehead atoms. The monoisotopic (exact) mass is 342 g/mol. The fraction of sp³-hybridized carbons (Fsp3) is 0.625. The lowest BCUT2D eigenvalue weighted by Gasteiger charge is -2.36. The van der Waals surface area contributed by atoms with Crippen molar-refractivity contribution in [3.63, 3.8) is 0 Å². The lowest BCUT2D eigenvalue weighted by atomic mass is 10.00. The zero-order valence-corrected chi connectivity index (χ0v) is 13.7. The first-order chi connectivity index (χ1) is 9.67. The molecule has 2 atom stereocenters. The van der Waals surface area contributed by atoms with Gasteiger partial charge in [0.05, 0.1) is 6.04 Å². The van der Waals surface area contributed by atoms with Crippen molar-refractivity contribution in [1.29, 1.82) is 0 Å². The molecule has 1 aliphatic rings. The van der Waals surface area contributed by atoms with Crippen molar-refractivity contribution in [2.24, 2.45) is 5.73 Å². The van der Waals surface area contributed by atoms with Gasteiger partial charge in [-0.1, -0.05) is 41.8 Å². The molecule has 0 aromatic heterocycles. The van der Waals surface area contributed by atoms with Gasteiger partial charge in [0.2, 0.25) is 0 Å². The van der Waals surface area contributed by atoms with Gasteiger partial charge >= 0.3 is 0 Å². The van der Waals surface area contributed by atoms with Crippen molar-refractivity contribution in [1.82, 2.24) is 4.90 Å². The molecule has 0 aliphatic carbocycles. The zero-order chi connectivity index (χ0) is 14.5. The Labute approximate surface area is 129 Å². The summed E-state index contributed by atoms with van der Waals surface area (Å²) in [7, 11) is 0. The second-order valence-electron chi connectivity index (χ2n) is 5.57. The van der Waals surface area contributed by atoms with Gasteiger partial charge in [-0.15, -0.1) is 0 Å². The lowest BCUT2D eigenvalue weighted by Crippen LogP contribution is -2.41. The molecule has 1 saturated heterocycles. The molecule has 1 aliphatic heterocycles. The SMILES string of the molecule is CCC1CCCCCN1C(CN)c1ccc(Br)cc1F. The highest BCUT2D eigenvalue weighted by Gasteiger charge is 2.28. The van der Waals surface area contributed by atoms with E-state index >= 15 is 0 Å². The maximum Gasteiger partial charge on any atom is 0.129 e. The first-order valence-electron chi connectivity index (χ1n) is 7.58. The second kappa shape index (κ2) is 7.53. The lowest BCUT2D eigenvalue weighted by molar-refractivity contribution is 0.133. The topological polar surface area (TPSA) is 29.3 Å². The smallest absolute Gasteiger partial charge is 0.129 e. The van der Waals surface area contributed by atoms with Crippen molar-refractivity contribution in [2.75, 3.05) is 13.1 Å². The molecular formula is C16H24BrFN2. The average Bonchev–Trinajstić information content (AvgIpc) is 2.67. The summed E-state index contributed by atoms with van der Waals surface area (Å²) < 4.78 is 15.0. The Morgan fingerprint density at radius 3 is 2.85 bits per heavy atom. The Balaban J connectivity index is 2.29. The summed E-state index contributed by atoms with van der Waals surface area (Å²) in [5.41, 5.74) is 6.72. The molecule has 112 valence electrons. The van der Waals surface area contributed by atoms with Crippen LogP contribution in [0.5, 0.6) is 0 Å². The summed E-state index contributed by atoms with van der Waals surface area (Å²) in [6.45, 7) is 3.71. The van der Waals surface area contributed by atoms with Crippen LogP contribution in [0.3, 0.4) is 0 Å². The molecule has 1 aromatic carbocycles. The van der Waals surface area contributed by atoms with E-state index < -0.39 is 0 Å². The Kier molecular flexibility index (Phi) is 6.00. The summed E-state index contributed by atoms with van der Waals surface area (Å²) in [4.78, 5) is 2.43. The summed E-state index contributed by atoms with van der Waals surface area (Å²) in [5, 5.41) is 0. The second-order valence-corrected chi connectivity index (χ2v) is 6.48. The van der Waals surface area contributed by atoms with Crippen LogP contribution < -0.4 is 5.73 Å². The Morgan fingerprint density at radius 1 is 1.40 bits per heavy atom. The van der Waals surface area contributed by atoms with Gasteiger partial charge in [-0.2, -0.15) is 0 Å². The van der Waals surface area contributed by atoms with Crippen LogP contribution in [0.1, 0.15) is 50.6 Å². The minimum atomic E-state index is -0.158. The average molecular weight is 343 g/mol. The predicted octanol–water partition coefficient (Wildman–Crippen LogP) is 4.24. The van der Waals surface area contributed by atoms with Crippen molar-refractivity contribution >= 4 is 15.9 Å². The third-order valence-electron chi connectivity index (χ3n) is 4.34. The Bertz CT molecular complexity index is 438. The molecule has 20 heavy (non-hydrogen) atoms. The largest absolute Gasteiger partial charge is 0.329 e. The van der Waals surface area contributed by atoms with Crippen LogP contribution in [0.15, 0.2) is 22.7 Å². The van der Waals surface area contributed by atoms with E-state index in [9.17, 15) is 4.39 Å². The molecule has 2 nitrogen and oxygen atoms in total. The molecule has 1 aromatic rings. The molecule has 0 spiro atoms. The van der Waals surface area contributed by atoms with Gasteiger partial charge in [0.15, 0.2) is 0 Å². The normalized spacial score (nSPS) is 22.5. The third-order valence-corrected chi connectivity index (χ3v) is 4.83. The highest BCUT2D eigenvalue weighted by molar-refractivity contribution is 9.10. The number of rotatable bonds is 4. The van der Waals surface area contributed by atoms with Gasteiger partial charge < -0.3 is 5.73 Å². The summed E-state index contributed by atoms with van der Waals surface area (Å²) >= 11 is 3.32. The van der Waals surface area contributed by atoms with Gasteiger partial charge in [-0.05, 0) is 37.9 Å². The van der Waals surface area contributed by atoms with E-state index in [4.69, 9.17) is 5.73 Å². The van der Waals surface area contributed by atoms with Gasteiger partial charge in [0.25, 0.3) is 0 Å². The van der Waals surface area contributed by atoms with Crippen LogP contribution in [-0.4, -0.2) is 24.0 Å². The standard InChI is InChI=1S/C16H24BrFN2/c1-2-13-6-4-3-5-9-20(13)16(11-19)14-8-7-12(17)10-15(14)18/h7-8,10,13,16H,2-6,9,11,19H2,1H3. The first-order valence-corrected chi connectivity index (χ1v) is 8.37. The quantitative estimate of drug-likeness (QED) is 0.886. The van der Waals surface area contributed by atoms with Gasteiger partial charge in [0, 0.05) is 22.6 Å². The highest BCUT2D eigenvalue weighted by atomic mass is 79.9. The number of nitrogens with zero attached hydrogens (tertiary/aromatic N) is 1. The van der Waals surface area contributed by atoms with E-state index in [0.717, 1.165) is 23.0 Å². The van der Waals surface area contributed by atoms with E-state index in [2.05, 4.69) is 27.8 Å². The van der Waals surface area contributed by atoms with Crippen molar-refractivity contribution in [3.8, 4) is 0 Å². The van der Waals surface area contributed by atoms with Crippen LogP contribution in [0.25, 0.3) is 0 Å². The summed E-state index contributed by atoms with van der Waals surface area (Å²) in [6, 6.07) is 5.82. The van der Waals surface area contributed by atoms with Crippen LogP contribution in [0.2, 0.25) is 0 Å². The van der Waals surface area contributed by atoms with Gasteiger partial charge in [-0.3, -0.25) is 4.90 Å². The van der Waals surface area contributed by atoms with Crippen LogP contribution in [0, 0.1) is 5.82 Å². The zero-order valence-electron chi connectivity index (χ0n) is 12.1. The van der Waals surface area contributed by atoms with E-state index in [1.807, 2.05) is 12.1 Å². The molecule has 2 rings (SSSR count). The molecular weight excluding hydrogens is 319 g/mol. The van der Waals surface area contributed by atoms with Gasteiger partial charge in [-0.25, -0.2) is 4.39 Å². The molecule has 1 fully saturated rings. The highest BCUT2D eigenvalue weighted by Crippen LogP contribution is 2.31. The number of halogens is 2. The summed E-state index contributed by atoms with van der Waals surface area (Å²) in [5.74, 6) is -0.158. The fourth-order valence-electron chi connectivity index (χ4n) is 3.26. The van der Waals surface area contributed by atoms with E-state index in [0.29, 0.717) is 12.6 Å². The maximum absolute atomic E-state index is 14.3. The molecule has 0 saturated carbocycles. The minimum absolute atomic E-state index is 0.00819. The van der Waals surface area contributed by atoms with Crippen LogP contribution in [0.4, 0.5) is 4.39 Å². The number of nitrogens with two attached hydrogens (primary N) is 1. The Hall–Kier alpha value is -0.450. The molecule has 2 unspecified atom stereocenters. The minimum Gasteiger partial charge on any atom is -0.329 e. The van der Waals surface area contributed by atoms with Crippen LogP contribution >= 0.6 is 15.9 Å². The molecule has 4 heteroatoms. The number of hydrogen-bond donors (Lipinski definition) is 1. The van der Waals surface area contributed by atoms with Crippen molar-refractivity contribution < 1.29 is 4.39 Å². The molecule has 0 radical (unpaired) electrons. The molecule has 0 amide bonds. The number of benzene rings is 1. The maximum atomic E-state index is 14.3. The van der Waals surface area contributed by atoms with E-state index in [-0.39, 0.29) is 11.9 Å². The number of likely N-dealkylation sites (tertiary alicyclic amines) is 1. The van der Waals surface area contributed by atoms with Crippen molar-refractivity contribution in [2.45, 2.75) is 51.1 Å². The predicted molar refractivity (Wildman–Crippen MR) is 85.1 cm³/mol. The van der Waals surface area contributed by atoms with Crippen molar-refractivity contribution in [3.05, 3.63) is 34.1 Å². The third kappa shape index (κ3) is 3.60. The van der Waals surface area contributed by atoms with E-state index in [1.54, 1.807) is 0 Å².